The van der Waals surface area contributed by atoms with E-state index in [9.17, 15) is 17.3 Å². The highest BCUT2D eigenvalue weighted by Gasteiger charge is 2.20. The maximum absolute atomic E-state index is 9.75. The van der Waals surface area contributed by atoms with Crippen LogP contribution in [0, 0.1) is 0 Å². The quantitative estimate of drug-likeness (QED) is 0.209. The normalized spacial score (nSPS) is 11.7. The van der Waals surface area contributed by atoms with Crippen LogP contribution in [0.2, 0.25) is 0 Å². The van der Waals surface area contributed by atoms with E-state index in [-0.39, 0.29) is 0 Å². The minimum atomic E-state index is -6.00. The van der Waals surface area contributed by atoms with Gasteiger partial charge in [-0.1, -0.05) is 36.4 Å². The number of halogens is 4. The van der Waals surface area contributed by atoms with Crippen molar-refractivity contribution in [1.29, 1.82) is 0 Å². The number of hydrogen-bond donors (Lipinski definition) is 0. The third-order valence-corrected chi connectivity index (χ3v) is 3.50. The van der Waals surface area contributed by atoms with Crippen molar-refractivity contribution in [1.82, 2.24) is 9.78 Å². The monoisotopic (exact) mass is 321 g/mol. The van der Waals surface area contributed by atoms with Crippen LogP contribution in [0.15, 0.2) is 54.9 Å². The first-order valence-electron chi connectivity index (χ1n) is 6.86. The molecule has 0 saturated carbocycles. The highest BCUT2D eigenvalue weighted by Crippen LogP contribution is 2.25. The van der Waals surface area contributed by atoms with Crippen molar-refractivity contribution in [3.63, 3.8) is 0 Å². The van der Waals surface area contributed by atoms with Gasteiger partial charge in [0, 0.05) is 10.5 Å². The maximum Gasteiger partial charge on any atom is 0.673 e. The van der Waals surface area contributed by atoms with Crippen LogP contribution >= 0.6 is 0 Å². The number of rotatable bonds is 0. The van der Waals surface area contributed by atoms with Gasteiger partial charge in [-0.25, -0.2) is 0 Å². The Morgan fingerprint density at radius 3 is 2.04 bits per heavy atom. The topological polar surface area (TPSA) is 21.9 Å². The summed E-state index contributed by atoms with van der Waals surface area (Å²) >= 11 is 0. The number of hydrogen-bond acceptors (Lipinski definition) is 1. The lowest BCUT2D eigenvalue weighted by atomic mass is 10.1. The van der Waals surface area contributed by atoms with Gasteiger partial charge < -0.3 is 17.3 Å². The maximum atomic E-state index is 9.75. The Balaban J connectivity index is 0.000000276. The zero-order valence-electron chi connectivity index (χ0n) is 12.1. The van der Waals surface area contributed by atoms with Gasteiger partial charge in [-0.15, -0.1) is 4.68 Å². The Morgan fingerprint density at radius 1 is 0.870 bits per heavy atom. The third kappa shape index (κ3) is 2.97. The molecule has 0 unspecified atom stereocenters. The van der Waals surface area contributed by atoms with Crippen LogP contribution in [0.5, 0.6) is 0 Å². The number of benzene rings is 2. The molecule has 0 aliphatic heterocycles. The summed E-state index contributed by atoms with van der Waals surface area (Å²) in [5, 5.41) is 8.15. The molecule has 0 fully saturated rings. The summed E-state index contributed by atoms with van der Waals surface area (Å²) in [4.78, 5) is 0. The summed E-state index contributed by atoms with van der Waals surface area (Å²) in [6.45, 7) is 0. The standard InChI is InChI=1S/C15H12N3.BF4/c1-17-15-13-8-3-2-6-11(13)12-7-4-5-9-14(12)18(15)10-16-17;2-1(3,4)5/h2-10H,1H3;/q+1;-1. The zero-order valence-corrected chi connectivity index (χ0v) is 12.1. The average molecular weight is 321 g/mol. The zero-order chi connectivity index (χ0) is 16.6. The molecular formula is C15H12BF4N3. The second-order valence-corrected chi connectivity index (χ2v) is 5.01. The predicted molar refractivity (Wildman–Crippen MR) is 81.6 cm³/mol. The van der Waals surface area contributed by atoms with E-state index in [0.717, 1.165) is 5.65 Å². The molecule has 2 aromatic heterocycles. The molecule has 0 spiro atoms. The molecule has 0 radical (unpaired) electrons. The first kappa shape index (κ1) is 15.3. The number of aryl methyl sites for hydroxylation is 1. The van der Waals surface area contributed by atoms with Gasteiger partial charge in [0.1, 0.15) is 5.52 Å². The van der Waals surface area contributed by atoms with E-state index in [4.69, 9.17) is 0 Å². The smallest absolute Gasteiger partial charge is 0.418 e. The molecule has 4 rings (SSSR count). The van der Waals surface area contributed by atoms with Gasteiger partial charge in [0.2, 0.25) is 0 Å². The molecule has 3 nitrogen and oxygen atoms in total. The highest BCUT2D eigenvalue weighted by atomic mass is 19.5. The molecule has 8 heteroatoms. The van der Waals surface area contributed by atoms with Gasteiger partial charge in [0.05, 0.1) is 12.4 Å². The molecule has 0 bridgehead atoms. The fourth-order valence-corrected chi connectivity index (χ4v) is 2.70. The summed E-state index contributed by atoms with van der Waals surface area (Å²) in [6.07, 6.45) is 1.88. The minimum absolute atomic E-state index is 1.13. The SMILES string of the molecule is Cn1nc[n+]2c3ccccc3c3ccccc3c12.F[B-](F)(F)F. The fourth-order valence-electron chi connectivity index (χ4n) is 2.70. The molecule has 118 valence electrons. The number of pyridine rings is 1. The molecule has 0 atom stereocenters. The lowest BCUT2D eigenvalue weighted by Crippen LogP contribution is -2.21. The lowest BCUT2D eigenvalue weighted by Gasteiger charge is -2.03. The summed E-state index contributed by atoms with van der Waals surface area (Å²) in [7, 11) is -4.02. The van der Waals surface area contributed by atoms with E-state index in [0.29, 0.717) is 0 Å². The summed E-state index contributed by atoms with van der Waals surface area (Å²) in [6, 6.07) is 16.9. The van der Waals surface area contributed by atoms with Gasteiger partial charge >= 0.3 is 7.25 Å². The van der Waals surface area contributed by atoms with Crippen molar-refractivity contribution < 1.29 is 21.7 Å². The fraction of sp³-hybridized carbons (Fsp3) is 0.0667. The Labute approximate surface area is 128 Å². The van der Waals surface area contributed by atoms with E-state index >= 15 is 0 Å². The van der Waals surface area contributed by atoms with E-state index in [2.05, 4.69) is 58.0 Å². The molecule has 4 aromatic rings. The average Bonchev–Trinajstić information content (AvgIpc) is 2.88. The van der Waals surface area contributed by atoms with Gasteiger partial charge in [-0.2, -0.15) is 4.40 Å². The van der Waals surface area contributed by atoms with E-state index < -0.39 is 7.25 Å². The predicted octanol–water partition coefficient (Wildman–Crippen LogP) is 3.77. The Hall–Kier alpha value is -2.64. The van der Waals surface area contributed by atoms with Crippen LogP contribution in [0.25, 0.3) is 27.3 Å². The van der Waals surface area contributed by atoms with Crippen LogP contribution in [0.3, 0.4) is 0 Å². The summed E-state index contributed by atoms with van der Waals surface area (Å²) < 4.78 is 43.1. The van der Waals surface area contributed by atoms with Crippen LogP contribution in [0.1, 0.15) is 0 Å². The second-order valence-electron chi connectivity index (χ2n) is 5.01. The molecular weight excluding hydrogens is 309 g/mol. The molecule has 0 amide bonds. The van der Waals surface area contributed by atoms with E-state index in [1.165, 1.54) is 21.7 Å². The molecule has 0 saturated heterocycles. The minimum Gasteiger partial charge on any atom is -0.418 e. The summed E-state index contributed by atoms with van der Waals surface area (Å²) in [5.41, 5.74) is 2.32. The third-order valence-electron chi connectivity index (χ3n) is 3.50. The second kappa shape index (κ2) is 5.53. The van der Waals surface area contributed by atoms with Gasteiger partial charge in [0.15, 0.2) is 0 Å². The Morgan fingerprint density at radius 2 is 1.39 bits per heavy atom. The Kier molecular flexibility index (Phi) is 3.67. The van der Waals surface area contributed by atoms with E-state index in [1.54, 1.807) is 0 Å². The van der Waals surface area contributed by atoms with Gasteiger partial charge in [-0.3, -0.25) is 0 Å². The largest absolute Gasteiger partial charge is 0.673 e. The highest BCUT2D eigenvalue weighted by molar-refractivity contribution is 6.50. The molecule has 2 heterocycles. The number of fused-ring (bicyclic) bond motifs is 6. The molecule has 0 N–H and O–H groups in total. The van der Waals surface area contributed by atoms with Crippen LogP contribution in [0.4, 0.5) is 17.3 Å². The van der Waals surface area contributed by atoms with Crippen LogP contribution in [-0.4, -0.2) is 17.0 Å². The van der Waals surface area contributed by atoms with Gasteiger partial charge in [0.25, 0.3) is 12.0 Å². The van der Waals surface area contributed by atoms with Crippen molar-refractivity contribution in [3.05, 3.63) is 54.9 Å². The lowest BCUT2D eigenvalue weighted by molar-refractivity contribution is -0.481. The number of para-hydroxylation sites is 1. The number of nitrogens with zero attached hydrogens (tertiary/aromatic N) is 3. The van der Waals surface area contributed by atoms with Crippen molar-refractivity contribution >= 4 is 34.6 Å². The molecule has 23 heavy (non-hydrogen) atoms. The summed E-state index contributed by atoms with van der Waals surface area (Å²) in [5.74, 6) is 0. The first-order valence-corrected chi connectivity index (χ1v) is 6.86. The van der Waals surface area contributed by atoms with Crippen LogP contribution in [-0.2, 0) is 7.05 Å². The van der Waals surface area contributed by atoms with Gasteiger partial charge in [-0.05, 0) is 17.5 Å². The van der Waals surface area contributed by atoms with Crippen molar-refractivity contribution in [2.24, 2.45) is 7.05 Å². The number of aromatic nitrogens is 3. The Bertz CT molecular complexity index is 988. The molecule has 2 aromatic carbocycles. The van der Waals surface area contributed by atoms with E-state index in [1.807, 2.05) is 18.1 Å². The van der Waals surface area contributed by atoms with Crippen molar-refractivity contribution in [2.75, 3.05) is 0 Å². The van der Waals surface area contributed by atoms with Crippen molar-refractivity contribution in [2.45, 2.75) is 0 Å². The molecule has 0 aliphatic carbocycles. The van der Waals surface area contributed by atoms with Crippen LogP contribution < -0.4 is 4.40 Å². The van der Waals surface area contributed by atoms with Crippen molar-refractivity contribution in [3.8, 4) is 0 Å². The first-order chi connectivity index (χ1) is 10.9. The molecule has 0 aliphatic rings.